The SMILES string of the molecule is COCCN=C(N)c1ccc(N)c(N)c1.Cl. The Kier molecular flexibility index (Phi) is 6.29. The molecule has 0 spiro atoms. The summed E-state index contributed by atoms with van der Waals surface area (Å²) in [7, 11) is 1.62. The molecule has 0 aliphatic carbocycles. The highest BCUT2D eigenvalue weighted by atomic mass is 35.5. The minimum atomic E-state index is 0. The second kappa shape index (κ2) is 6.92. The summed E-state index contributed by atoms with van der Waals surface area (Å²) in [5.74, 6) is 0.443. The molecule has 0 heterocycles. The van der Waals surface area contributed by atoms with Crippen LogP contribution in [0.15, 0.2) is 23.2 Å². The average molecular weight is 245 g/mol. The number of ether oxygens (including phenoxy) is 1. The van der Waals surface area contributed by atoms with Crippen LogP contribution in [-0.4, -0.2) is 26.1 Å². The van der Waals surface area contributed by atoms with E-state index in [1.54, 1.807) is 25.3 Å². The van der Waals surface area contributed by atoms with Gasteiger partial charge in [0.15, 0.2) is 0 Å². The Morgan fingerprint density at radius 3 is 2.56 bits per heavy atom. The number of amidine groups is 1. The van der Waals surface area contributed by atoms with E-state index in [0.717, 1.165) is 5.56 Å². The van der Waals surface area contributed by atoms with Crippen LogP contribution in [0.25, 0.3) is 0 Å². The smallest absolute Gasteiger partial charge is 0.125 e. The first-order valence-corrected chi connectivity index (χ1v) is 4.59. The van der Waals surface area contributed by atoms with E-state index in [1.165, 1.54) is 0 Å². The maximum Gasteiger partial charge on any atom is 0.125 e. The molecule has 0 saturated heterocycles. The van der Waals surface area contributed by atoms with Crippen LogP contribution >= 0.6 is 12.4 Å². The van der Waals surface area contributed by atoms with E-state index in [4.69, 9.17) is 21.9 Å². The van der Waals surface area contributed by atoms with Crippen molar-refractivity contribution < 1.29 is 4.74 Å². The normalized spacial score (nSPS) is 10.9. The Hall–Kier alpha value is -1.46. The second-order valence-corrected chi connectivity index (χ2v) is 3.10. The molecule has 90 valence electrons. The van der Waals surface area contributed by atoms with Crippen molar-refractivity contribution in [2.24, 2.45) is 10.7 Å². The van der Waals surface area contributed by atoms with Crippen LogP contribution in [0.4, 0.5) is 11.4 Å². The molecule has 0 aliphatic heterocycles. The lowest BCUT2D eigenvalue weighted by Gasteiger charge is -2.04. The summed E-state index contributed by atoms with van der Waals surface area (Å²) in [6, 6.07) is 5.21. The molecule has 1 rings (SSSR count). The maximum atomic E-state index is 5.75. The lowest BCUT2D eigenvalue weighted by molar-refractivity contribution is 0.208. The fourth-order valence-corrected chi connectivity index (χ4v) is 1.08. The number of methoxy groups -OCH3 is 1. The van der Waals surface area contributed by atoms with Crippen molar-refractivity contribution in [1.82, 2.24) is 0 Å². The van der Waals surface area contributed by atoms with Gasteiger partial charge in [0.05, 0.1) is 24.5 Å². The third-order valence-electron chi connectivity index (χ3n) is 1.96. The van der Waals surface area contributed by atoms with Gasteiger partial charge in [0.2, 0.25) is 0 Å². The number of aliphatic imine (C=N–C) groups is 1. The third-order valence-corrected chi connectivity index (χ3v) is 1.96. The van der Waals surface area contributed by atoms with Gasteiger partial charge in [-0.3, -0.25) is 4.99 Å². The van der Waals surface area contributed by atoms with Gasteiger partial charge in [-0.1, -0.05) is 0 Å². The fourth-order valence-electron chi connectivity index (χ4n) is 1.08. The van der Waals surface area contributed by atoms with E-state index in [2.05, 4.69) is 4.99 Å². The van der Waals surface area contributed by atoms with Crippen LogP contribution in [-0.2, 0) is 4.74 Å². The molecule has 0 atom stereocenters. The number of hydrogen-bond donors (Lipinski definition) is 3. The fraction of sp³-hybridized carbons (Fsp3) is 0.300. The van der Waals surface area contributed by atoms with Gasteiger partial charge in [0.25, 0.3) is 0 Å². The topological polar surface area (TPSA) is 99.6 Å². The molecule has 0 radical (unpaired) electrons. The van der Waals surface area contributed by atoms with Gasteiger partial charge >= 0.3 is 0 Å². The average Bonchev–Trinajstić information content (AvgIpc) is 2.22. The van der Waals surface area contributed by atoms with Gasteiger partial charge in [0, 0.05) is 12.7 Å². The molecule has 6 heteroatoms. The molecule has 0 aromatic heterocycles. The molecule has 16 heavy (non-hydrogen) atoms. The van der Waals surface area contributed by atoms with Crippen LogP contribution in [0.1, 0.15) is 5.56 Å². The molecule has 0 fully saturated rings. The highest BCUT2D eigenvalue weighted by Crippen LogP contribution is 2.15. The minimum absolute atomic E-state index is 0. The van der Waals surface area contributed by atoms with Gasteiger partial charge in [-0.2, -0.15) is 0 Å². The molecular formula is C10H17ClN4O. The number of anilines is 2. The summed E-state index contributed by atoms with van der Waals surface area (Å²) in [5.41, 5.74) is 18.8. The number of benzene rings is 1. The molecule has 6 N–H and O–H groups in total. The van der Waals surface area contributed by atoms with Gasteiger partial charge < -0.3 is 21.9 Å². The van der Waals surface area contributed by atoms with E-state index in [9.17, 15) is 0 Å². The van der Waals surface area contributed by atoms with Crippen molar-refractivity contribution in [3.05, 3.63) is 23.8 Å². The first-order valence-electron chi connectivity index (χ1n) is 4.59. The van der Waals surface area contributed by atoms with Crippen molar-refractivity contribution >= 4 is 29.6 Å². The van der Waals surface area contributed by atoms with Crippen molar-refractivity contribution in [3.63, 3.8) is 0 Å². The zero-order chi connectivity index (χ0) is 11.3. The van der Waals surface area contributed by atoms with E-state index >= 15 is 0 Å². The number of hydrogen-bond acceptors (Lipinski definition) is 4. The molecule has 1 aromatic rings. The van der Waals surface area contributed by atoms with Crippen LogP contribution in [0, 0.1) is 0 Å². The number of halogens is 1. The van der Waals surface area contributed by atoms with Crippen molar-refractivity contribution in [2.45, 2.75) is 0 Å². The molecule has 0 saturated carbocycles. The van der Waals surface area contributed by atoms with E-state index in [0.29, 0.717) is 30.4 Å². The summed E-state index contributed by atoms with van der Waals surface area (Å²) in [6.07, 6.45) is 0. The Labute approximate surface area is 101 Å². The molecule has 0 amide bonds. The Morgan fingerprint density at radius 2 is 2.00 bits per heavy atom. The molecule has 0 aliphatic rings. The number of rotatable bonds is 4. The Morgan fingerprint density at radius 1 is 1.31 bits per heavy atom. The summed E-state index contributed by atoms with van der Waals surface area (Å²) in [6.45, 7) is 1.08. The van der Waals surface area contributed by atoms with Gasteiger partial charge in [0.1, 0.15) is 5.84 Å². The lowest BCUT2D eigenvalue weighted by atomic mass is 10.1. The molecule has 5 nitrogen and oxygen atoms in total. The summed E-state index contributed by atoms with van der Waals surface area (Å²) >= 11 is 0. The minimum Gasteiger partial charge on any atom is -0.397 e. The van der Waals surface area contributed by atoms with Crippen LogP contribution in [0.2, 0.25) is 0 Å². The quantitative estimate of drug-likeness (QED) is 0.313. The monoisotopic (exact) mass is 244 g/mol. The lowest BCUT2D eigenvalue weighted by Crippen LogP contribution is -2.15. The Balaban J connectivity index is 0.00000225. The third kappa shape index (κ3) is 3.96. The largest absolute Gasteiger partial charge is 0.397 e. The van der Waals surface area contributed by atoms with Crippen LogP contribution in [0.3, 0.4) is 0 Å². The van der Waals surface area contributed by atoms with Gasteiger partial charge in [-0.15, -0.1) is 12.4 Å². The molecule has 0 unspecified atom stereocenters. The predicted octanol–water partition coefficient (Wildman–Crippen LogP) is 0.625. The Bertz CT molecular complexity index is 368. The zero-order valence-corrected chi connectivity index (χ0v) is 9.96. The highest BCUT2D eigenvalue weighted by Gasteiger charge is 2.00. The number of nitrogens with two attached hydrogens (primary N) is 3. The van der Waals surface area contributed by atoms with Gasteiger partial charge in [-0.25, -0.2) is 0 Å². The van der Waals surface area contributed by atoms with E-state index < -0.39 is 0 Å². The highest BCUT2D eigenvalue weighted by molar-refractivity contribution is 5.98. The molecular weight excluding hydrogens is 228 g/mol. The second-order valence-electron chi connectivity index (χ2n) is 3.10. The molecule has 1 aromatic carbocycles. The maximum absolute atomic E-state index is 5.75. The summed E-state index contributed by atoms with van der Waals surface area (Å²) < 4.78 is 4.86. The van der Waals surface area contributed by atoms with Crippen molar-refractivity contribution in [2.75, 3.05) is 31.7 Å². The zero-order valence-electron chi connectivity index (χ0n) is 9.14. The van der Waals surface area contributed by atoms with Crippen LogP contribution < -0.4 is 17.2 Å². The summed E-state index contributed by atoms with van der Waals surface area (Å²) in [4.78, 5) is 4.13. The first-order chi connectivity index (χ1) is 7.15. The standard InChI is InChI=1S/C10H16N4O.ClH/c1-15-5-4-14-10(13)7-2-3-8(11)9(12)6-7;/h2-3,6H,4-5,11-12H2,1H3,(H2,13,14);1H. The molecule has 0 bridgehead atoms. The van der Waals surface area contributed by atoms with E-state index in [-0.39, 0.29) is 12.4 Å². The number of nitrogen functional groups attached to an aromatic ring is 2. The van der Waals surface area contributed by atoms with Crippen molar-refractivity contribution in [1.29, 1.82) is 0 Å². The summed E-state index contributed by atoms with van der Waals surface area (Å²) in [5, 5.41) is 0. The predicted molar refractivity (Wildman–Crippen MR) is 70.0 cm³/mol. The van der Waals surface area contributed by atoms with Crippen molar-refractivity contribution in [3.8, 4) is 0 Å². The van der Waals surface area contributed by atoms with E-state index in [1.807, 2.05) is 0 Å². The number of nitrogens with zero attached hydrogens (tertiary/aromatic N) is 1. The van der Waals surface area contributed by atoms with Crippen LogP contribution in [0.5, 0.6) is 0 Å². The van der Waals surface area contributed by atoms with Gasteiger partial charge in [-0.05, 0) is 18.2 Å². The first kappa shape index (κ1) is 14.5.